The van der Waals surface area contributed by atoms with Crippen molar-refractivity contribution in [1.82, 2.24) is 10.9 Å². The van der Waals surface area contributed by atoms with E-state index in [1.807, 2.05) is 0 Å². The average molecular weight is 292 g/mol. The predicted octanol–water partition coefficient (Wildman–Crippen LogP) is -1.43. The first-order chi connectivity index (χ1) is 9.15. The Morgan fingerprint density at radius 1 is 0.850 bits per heavy atom. The van der Waals surface area contributed by atoms with Gasteiger partial charge in [-0.2, -0.15) is 0 Å². The van der Waals surface area contributed by atoms with Gasteiger partial charge in [0.1, 0.15) is 6.04 Å². The number of hydrogen-bond acceptors (Lipinski definition) is 6. The maximum Gasteiger partial charge on any atom is 0.322 e. The molecule has 0 heterocycles. The smallest absolute Gasteiger partial charge is 0.322 e. The van der Waals surface area contributed by atoms with Gasteiger partial charge < -0.3 is 20.4 Å². The molecular weight excluding hydrogens is 276 g/mol. The van der Waals surface area contributed by atoms with Gasteiger partial charge in [0.2, 0.25) is 0 Å². The number of carboxylic acid groups (broad SMARTS) is 4. The Labute approximate surface area is 113 Å². The molecule has 10 nitrogen and oxygen atoms in total. The second kappa shape index (κ2) is 8.07. The van der Waals surface area contributed by atoms with Gasteiger partial charge in [-0.3, -0.25) is 24.6 Å². The maximum absolute atomic E-state index is 10.9. The van der Waals surface area contributed by atoms with Gasteiger partial charge in [-0.25, -0.2) is 5.43 Å². The topological polar surface area (TPSA) is 173 Å². The molecule has 0 saturated carbocycles. The van der Waals surface area contributed by atoms with Crippen molar-refractivity contribution in [3.05, 3.63) is 0 Å². The molecule has 0 amide bonds. The molecule has 10 heteroatoms. The highest BCUT2D eigenvalue weighted by molar-refractivity contribution is 5.80. The second-order valence-electron chi connectivity index (χ2n) is 4.11. The van der Waals surface area contributed by atoms with E-state index in [4.69, 9.17) is 20.4 Å². The van der Waals surface area contributed by atoms with Crippen LogP contribution < -0.4 is 10.9 Å². The van der Waals surface area contributed by atoms with Crippen molar-refractivity contribution in [3.8, 4) is 0 Å². The Balaban J connectivity index is 4.58. The molecule has 0 unspecified atom stereocenters. The van der Waals surface area contributed by atoms with Crippen LogP contribution in [-0.2, 0) is 19.2 Å². The summed E-state index contributed by atoms with van der Waals surface area (Å²) >= 11 is 0. The average Bonchev–Trinajstić information content (AvgIpc) is 2.29. The molecule has 0 aliphatic carbocycles. The Hall–Kier alpha value is -2.20. The summed E-state index contributed by atoms with van der Waals surface area (Å²) in [4.78, 5) is 42.6. The first kappa shape index (κ1) is 17.8. The fourth-order valence-corrected chi connectivity index (χ4v) is 1.37. The third-order valence-electron chi connectivity index (χ3n) is 2.48. The first-order valence-corrected chi connectivity index (χ1v) is 5.55. The Kier molecular flexibility index (Phi) is 7.18. The fraction of sp³-hybridized carbons (Fsp3) is 0.600. The summed E-state index contributed by atoms with van der Waals surface area (Å²) < 4.78 is 0. The molecule has 20 heavy (non-hydrogen) atoms. The normalized spacial score (nSPS) is 15.1. The van der Waals surface area contributed by atoms with Gasteiger partial charge in [-0.05, 0) is 6.92 Å². The van der Waals surface area contributed by atoms with Crippen molar-refractivity contribution in [2.45, 2.75) is 31.8 Å². The van der Waals surface area contributed by atoms with Crippen LogP contribution in [0.3, 0.4) is 0 Å². The van der Waals surface area contributed by atoms with Crippen LogP contribution in [0.4, 0.5) is 0 Å². The molecular formula is C10H16N2O8. The van der Waals surface area contributed by atoms with Crippen LogP contribution in [0.1, 0.15) is 19.8 Å². The lowest BCUT2D eigenvalue weighted by Crippen LogP contribution is -2.53. The summed E-state index contributed by atoms with van der Waals surface area (Å²) in [6.45, 7) is 1.34. The highest BCUT2D eigenvalue weighted by atomic mass is 16.4. The van der Waals surface area contributed by atoms with Gasteiger partial charge in [-0.1, -0.05) is 0 Å². The molecule has 0 fully saturated rings. The maximum atomic E-state index is 10.9. The zero-order valence-corrected chi connectivity index (χ0v) is 10.6. The summed E-state index contributed by atoms with van der Waals surface area (Å²) in [5.41, 5.74) is 4.49. The van der Waals surface area contributed by atoms with Gasteiger partial charge >= 0.3 is 23.9 Å². The Morgan fingerprint density at radius 2 is 1.35 bits per heavy atom. The van der Waals surface area contributed by atoms with Crippen LogP contribution in [0.15, 0.2) is 0 Å². The zero-order chi connectivity index (χ0) is 15.9. The monoisotopic (exact) mass is 292 g/mol. The minimum Gasteiger partial charge on any atom is -0.481 e. The van der Waals surface area contributed by atoms with Gasteiger partial charge in [0, 0.05) is 6.04 Å². The molecule has 0 aromatic heterocycles. The van der Waals surface area contributed by atoms with E-state index in [9.17, 15) is 19.2 Å². The SMILES string of the molecule is C[C@H](NN[C@@H](CC(=O)O)C(=O)O)[C@H](CC(=O)O)C(=O)O. The van der Waals surface area contributed by atoms with E-state index in [0.29, 0.717) is 0 Å². The molecule has 0 bridgehead atoms. The zero-order valence-electron chi connectivity index (χ0n) is 10.6. The van der Waals surface area contributed by atoms with Crippen molar-refractivity contribution in [1.29, 1.82) is 0 Å². The quantitative estimate of drug-likeness (QED) is 0.262. The largest absolute Gasteiger partial charge is 0.481 e. The molecule has 0 saturated heterocycles. The molecule has 3 atom stereocenters. The molecule has 0 rings (SSSR count). The van der Waals surface area contributed by atoms with Gasteiger partial charge in [0.15, 0.2) is 0 Å². The number of rotatable bonds is 10. The highest BCUT2D eigenvalue weighted by Gasteiger charge is 2.29. The molecule has 0 aromatic carbocycles. The van der Waals surface area contributed by atoms with Crippen LogP contribution in [0, 0.1) is 5.92 Å². The number of carbonyl (C=O) groups is 4. The minimum atomic E-state index is -1.46. The summed E-state index contributed by atoms with van der Waals surface area (Å²) in [6.07, 6.45) is -1.37. The molecule has 114 valence electrons. The summed E-state index contributed by atoms with van der Waals surface area (Å²) in [5, 5.41) is 34.7. The molecule has 0 aliphatic heterocycles. The van der Waals surface area contributed by atoms with Crippen molar-refractivity contribution in [3.63, 3.8) is 0 Å². The third-order valence-corrected chi connectivity index (χ3v) is 2.48. The number of nitrogens with one attached hydrogen (secondary N) is 2. The van der Waals surface area contributed by atoms with Crippen LogP contribution in [0.5, 0.6) is 0 Å². The molecule has 0 radical (unpaired) electrons. The first-order valence-electron chi connectivity index (χ1n) is 5.55. The number of hydrogen-bond donors (Lipinski definition) is 6. The molecule has 0 aromatic rings. The number of carboxylic acids is 4. The van der Waals surface area contributed by atoms with E-state index >= 15 is 0 Å². The third kappa shape index (κ3) is 6.66. The highest BCUT2D eigenvalue weighted by Crippen LogP contribution is 2.09. The fourth-order valence-electron chi connectivity index (χ4n) is 1.37. The van der Waals surface area contributed by atoms with Gasteiger partial charge in [0.05, 0.1) is 18.8 Å². The van der Waals surface area contributed by atoms with E-state index in [1.54, 1.807) is 0 Å². The van der Waals surface area contributed by atoms with Crippen molar-refractivity contribution in [2.24, 2.45) is 5.92 Å². The van der Waals surface area contributed by atoms with Crippen molar-refractivity contribution in [2.75, 3.05) is 0 Å². The Morgan fingerprint density at radius 3 is 1.70 bits per heavy atom. The predicted molar refractivity (Wildman–Crippen MR) is 62.8 cm³/mol. The standard InChI is InChI=1S/C10H16N2O8/c1-4(5(9(17)18)2-7(13)14)11-12-6(10(19)20)3-8(15)16/h4-6,11-12H,2-3H2,1H3,(H,13,14)(H,15,16)(H,17,18)(H,19,20)/t4-,5-,6-/m0/s1. The number of aliphatic carboxylic acids is 4. The van der Waals surface area contributed by atoms with Crippen LogP contribution >= 0.6 is 0 Å². The van der Waals surface area contributed by atoms with Gasteiger partial charge in [-0.15, -0.1) is 0 Å². The molecule has 0 spiro atoms. The van der Waals surface area contributed by atoms with Crippen LogP contribution in [0.25, 0.3) is 0 Å². The lowest BCUT2D eigenvalue weighted by atomic mass is 9.98. The Bertz CT molecular complexity index is 397. The lowest BCUT2D eigenvalue weighted by Gasteiger charge is -2.22. The van der Waals surface area contributed by atoms with Crippen molar-refractivity contribution < 1.29 is 39.6 Å². The van der Waals surface area contributed by atoms with E-state index in [-0.39, 0.29) is 0 Å². The van der Waals surface area contributed by atoms with Crippen molar-refractivity contribution >= 4 is 23.9 Å². The summed E-state index contributed by atoms with van der Waals surface area (Å²) in [6, 6.07) is -2.38. The van der Waals surface area contributed by atoms with E-state index in [1.165, 1.54) is 6.92 Å². The van der Waals surface area contributed by atoms with E-state index in [2.05, 4.69) is 10.9 Å². The molecule has 6 N–H and O–H groups in total. The van der Waals surface area contributed by atoms with Crippen LogP contribution in [0.2, 0.25) is 0 Å². The number of hydrazine groups is 1. The lowest BCUT2D eigenvalue weighted by molar-refractivity contribution is -0.149. The minimum absolute atomic E-state index is 0.651. The summed E-state index contributed by atoms with van der Waals surface area (Å²) in [7, 11) is 0. The molecule has 0 aliphatic rings. The van der Waals surface area contributed by atoms with E-state index in [0.717, 1.165) is 0 Å². The van der Waals surface area contributed by atoms with Crippen LogP contribution in [-0.4, -0.2) is 56.4 Å². The summed E-state index contributed by atoms with van der Waals surface area (Å²) in [5.74, 6) is -6.75. The van der Waals surface area contributed by atoms with E-state index < -0.39 is 54.7 Å². The van der Waals surface area contributed by atoms with Gasteiger partial charge in [0.25, 0.3) is 0 Å². The second-order valence-corrected chi connectivity index (χ2v) is 4.11.